The van der Waals surface area contributed by atoms with Crippen LogP contribution in [0.15, 0.2) is 54.6 Å². The summed E-state index contributed by atoms with van der Waals surface area (Å²) in [4.78, 5) is 2.28. The maximum absolute atomic E-state index is 13.6. The van der Waals surface area contributed by atoms with E-state index in [-0.39, 0.29) is 11.9 Å². The Morgan fingerprint density at radius 1 is 1.17 bits per heavy atom. The highest BCUT2D eigenvalue weighted by Gasteiger charge is 2.26. The number of aliphatic hydroxyl groups is 1. The Labute approximate surface area is 213 Å². The summed E-state index contributed by atoms with van der Waals surface area (Å²) < 4.78 is 27.7. The van der Waals surface area contributed by atoms with Crippen molar-refractivity contribution in [3.63, 3.8) is 0 Å². The third-order valence-electron chi connectivity index (χ3n) is 6.61. The molecule has 1 N–H and O–H groups in total. The minimum Gasteiger partial charge on any atom is -0.439 e. The van der Waals surface area contributed by atoms with E-state index in [0.29, 0.717) is 24.7 Å². The molecule has 0 saturated carbocycles. The number of hydrogen-bond donors (Lipinski definition) is 1. The summed E-state index contributed by atoms with van der Waals surface area (Å²) in [6.45, 7) is 6.91. The van der Waals surface area contributed by atoms with Crippen molar-refractivity contribution >= 4 is 0 Å². The summed E-state index contributed by atoms with van der Waals surface area (Å²) in [5.74, 6) is 0.855. The fourth-order valence-electron chi connectivity index (χ4n) is 4.72. The van der Waals surface area contributed by atoms with Crippen LogP contribution in [0.5, 0.6) is 11.6 Å². The minimum absolute atomic E-state index is 0.166. The molecule has 2 aromatic carbocycles. The second-order valence-electron chi connectivity index (χ2n) is 9.51. The summed E-state index contributed by atoms with van der Waals surface area (Å²) in [5.41, 5.74) is 2.81. The predicted molar refractivity (Wildman–Crippen MR) is 139 cm³/mol. The Morgan fingerprint density at radius 2 is 1.94 bits per heavy atom. The Bertz CT molecular complexity index is 1070. The van der Waals surface area contributed by atoms with E-state index < -0.39 is 6.10 Å². The summed E-state index contributed by atoms with van der Waals surface area (Å²) >= 11 is 0. The van der Waals surface area contributed by atoms with Crippen molar-refractivity contribution in [2.45, 2.75) is 71.1 Å². The fourth-order valence-corrected chi connectivity index (χ4v) is 4.72. The largest absolute Gasteiger partial charge is 0.439 e. The lowest BCUT2D eigenvalue weighted by molar-refractivity contribution is 0.0433. The van der Waals surface area contributed by atoms with Gasteiger partial charge in [-0.2, -0.15) is 5.10 Å². The van der Waals surface area contributed by atoms with Crippen LogP contribution in [0, 0.1) is 5.82 Å². The lowest BCUT2D eigenvalue weighted by Gasteiger charge is -2.28. The highest BCUT2D eigenvalue weighted by molar-refractivity contribution is 5.43. The molecule has 0 aliphatic carbocycles. The van der Waals surface area contributed by atoms with Crippen molar-refractivity contribution in [1.82, 2.24) is 14.7 Å². The van der Waals surface area contributed by atoms with Gasteiger partial charge in [0, 0.05) is 26.2 Å². The second-order valence-corrected chi connectivity index (χ2v) is 9.51. The molecule has 194 valence electrons. The predicted octanol–water partition coefficient (Wildman–Crippen LogP) is 5.90. The van der Waals surface area contributed by atoms with Crippen molar-refractivity contribution in [1.29, 1.82) is 0 Å². The summed E-state index contributed by atoms with van der Waals surface area (Å²) in [6.07, 6.45) is 5.44. The van der Waals surface area contributed by atoms with E-state index in [2.05, 4.69) is 18.7 Å². The Balaban J connectivity index is 1.69. The number of aryl methyl sites for hydroxylation is 1. The van der Waals surface area contributed by atoms with E-state index in [1.165, 1.54) is 12.1 Å². The maximum Gasteiger partial charge on any atom is 0.227 e. The molecule has 7 heteroatoms. The van der Waals surface area contributed by atoms with Crippen LogP contribution in [0.4, 0.5) is 4.39 Å². The molecule has 1 aliphatic heterocycles. The first-order chi connectivity index (χ1) is 17.6. The number of ether oxygens (including phenoxy) is 2. The van der Waals surface area contributed by atoms with Crippen LogP contribution in [0.3, 0.4) is 0 Å². The average molecular weight is 496 g/mol. The van der Waals surface area contributed by atoms with Crippen LogP contribution in [0.2, 0.25) is 0 Å². The average Bonchev–Trinajstić information content (AvgIpc) is 3.52. The molecule has 3 aromatic rings. The van der Waals surface area contributed by atoms with Crippen molar-refractivity contribution in [3.05, 3.63) is 71.7 Å². The van der Waals surface area contributed by atoms with Gasteiger partial charge in [0.2, 0.25) is 5.88 Å². The minimum atomic E-state index is -0.401. The van der Waals surface area contributed by atoms with Crippen LogP contribution in [-0.4, -0.2) is 51.7 Å². The molecule has 0 unspecified atom stereocenters. The maximum atomic E-state index is 13.6. The third-order valence-corrected chi connectivity index (χ3v) is 6.61. The van der Waals surface area contributed by atoms with E-state index in [1.807, 2.05) is 35.0 Å². The van der Waals surface area contributed by atoms with Gasteiger partial charge in [0.25, 0.3) is 0 Å². The second kappa shape index (κ2) is 13.0. The monoisotopic (exact) mass is 495 g/mol. The molecule has 1 aliphatic rings. The summed E-state index contributed by atoms with van der Waals surface area (Å²) in [6, 6.07) is 15.9. The van der Waals surface area contributed by atoms with Gasteiger partial charge in [0.15, 0.2) is 0 Å². The molecular formula is C29H38FN3O3. The number of para-hydroxylation sites is 1. The zero-order chi connectivity index (χ0) is 25.3. The van der Waals surface area contributed by atoms with E-state index in [1.54, 1.807) is 12.1 Å². The summed E-state index contributed by atoms with van der Waals surface area (Å²) in [7, 11) is 0. The first-order valence-electron chi connectivity index (χ1n) is 13.2. The molecule has 0 amide bonds. The van der Waals surface area contributed by atoms with Crippen LogP contribution >= 0.6 is 0 Å². The molecular weight excluding hydrogens is 457 g/mol. The van der Waals surface area contributed by atoms with E-state index >= 15 is 0 Å². The van der Waals surface area contributed by atoms with Gasteiger partial charge in [-0.25, -0.2) is 9.07 Å². The van der Waals surface area contributed by atoms with Gasteiger partial charge < -0.3 is 14.6 Å². The Morgan fingerprint density at radius 3 is 2.61 bits per heavy atom. The normalized spacial score (nSPS) is 16.5. The summed E-state index contributed by atoms with van der Waals surface area (Å²) in [5, 5.41) is 15.7. The van der Waals surface area contributed by atoms with Crippen molar-refractivity contribution in [2.75, 3.05) is 19.7 Å². The Kier molecular flexibility index (Phi) is 9.50. The van der Waals surface area contributed by atoms with E-state index in [0.717, 1.165) is 68.6 Å². The van der Waals surface area contributed by atoms with Gasteiger partial charge in [0.1, 0.15) is 11.6 Å². The molecule has 36 heavy (non-hydrogen) atoms. The number of nitrogens with zero attached hydrogens (tertiary/aromatic N) is 3. The van der Waals surface area contributed by atoms with Crippen LogP contribution in [-0.2, 0) is 17.7 Å². The van der Waals surface area contributed by atoms with E-state index in [9.17, 15) is 9.50 Å². The lowest BCUT2D eigenvalue weighted by atomic mass is 10.1. The zero-order valence-corrected chi connectivity index (χ0v) is 21.4. The van der Waals surface area contributed by atoms with Gasteiger partial charge in [-0.05, 0) is 62.1 Å². The molecule has 6 nitrogen and oxygen atoms in total. The lowest BCUT2D eigenvalue weighted by Crippen LogP contribution is -2.37. The van der Waals surface area contributed by atoms with Crippen molar-refractivity contribution in [2.24, 2.45) is 0 Å². The molecule has 0 spiro atoms. The van der Waals surface area contributed by atoms with Crippen LogP contribution in [0.25, 0.3) is 5.69 Å². The Hall–Kier alpha value is -2.74. The first kappa shape index (κ1) is 26.3. The smallest absolute Gasteiger partial charge is 0.227 e. The standard InChI is InChI=1S/C29H38FN3O3/c1-3-5-12-24(34)19-32(20-26-13-9-18-35-26)21-27-28(4-2)31-33(23-10-7-6-8-11-23)29(27)36-25-16-14-22(30)15-17-25/h6-8,10-11,14-17,24,26,34H,3-5,9,12-13,18-21H2,1-2H3/t24-,26-/m1/s1. The fraction of sp³-hybridized carbons (Fsp3) is 0.483. The molecule has 1 aromatic heterocycles. The van der Waals surface area contributed by atoms with Crippen LogP contribution in [0.1, 0.15) is 57.2 Å². The van der Waals surface area contributed by atoms with E-state index in [4.69, 9.17) is 14.6 Å². The van der Waals surface area contributed by atoms with Gasteiger partial charge >= 0.3 is 0 Å². The first-order valence-corrected chi connectivity index (χ1v) is 13.2. The van der Waals surface area contributed by atoms with Gasteiger partial charge in [-0.3, -0.25) is 4.90 Å². The van der Waals surface area contributed by atoms with Crippen molar-refractivity contribution < 1.29 is 19.0 Å². The molecule has 4 rings (SSSR count). The number of aromatic nitrogens is 2. The molecule has 0 radical (unpaired) electrons. The quantitative estimate of drug-likeness (QED) is 0.320. The van der Waals surface area contributed by atoms with Crippen molar-refractivity contribution in [3.8, 4) is 17.3 Å². The topological polar surface area (TPSA) is 59.8 Å². The highest BCUT2D eigenvalue weighted by Crippen LogP contribution is 2.33. The van der Waals surface area contributed by atoms with Gasteiger partial charge in [0.05, 0.1) is 29.2 Å². The molecule has 0 bridgehead atoms. The third kappa shape index (κ3) is 6.93. The number of aliphatic hydroxyl groups excluding tert-OH is 1. The molecule has 2 heterocycles. The van der Waals surface area contributed by atoms with Gasteiger partial charge in [-0.15, -0.1) is 0 Å². The number of rotatable bonds is 13. The SMILES string of the molecule is CCCC[C@@H](O)CN(Cc1c(CC)nn(-c2ccccc2)c1Oc1ccc(F)cc1)C[C@H]1CCCO1. The number of benzene rings is 2. The molecule has 1 saturated heterocycles. The number of halogens is 1. The molecule has 1 fully saturated rings. The molecule has 2 atom stereocenters. The van der Waals surface area contributed by atoms with Crippen LogP contribution < -0.4 is 4.74 Å². The highest BCUT2D eigenvalue weighted by atomic mass is 19.1. The zero-order valence-electron chi connectivity index (χ0n) is 21.4. The number of hydrogen-bond acceptors (Lipinski definition) is 5. The number of unbranched alkanes of at least 4 members (excludes halogenated alkanes) is 1. The van der Waals surface area contributed by atoms with Gasteiger partial charge in [-0.1, -0.05) is 44.9 Å².